The molecule has 1 aromatic rings. The van der Waals surface area contributed by atoms with Crippen molar-refractivity contribution in [3.8, 4) is 0 Å². The number of alkyl halides is 1. The third kappa shape index (κ3) is 3.60. The largest absolute Gasteiger partial charge is 0.382 e. The smallest absolute Gasteiger partial charge is 0.244 e. The Morgan fingerprint density at radius 2 is 1.94 bits per heavy atom. The van der Waals surface area contributed by atoms with Crippen LogP contribution in [0.4, 0.5) is 5.69 Å². The van der Waals surface area contributed by atoms with E-state index in [9.17, 15) is 8.42 Å². The molecule has 0 aromatic heterocycles. The van der Waals surface area contributed by atoms with Crippen LogP contribution in [0.2, 0.25) is 0 Å². The second kappa shape index (κ2) is 6.41. The Bertz CT molecular complexity index is 489. The first kappa shape index (κ1) is 15.3. The van der Waals surface area contributed by atoms with Gasteiger partial charge in [-0.2, -0.15) is 0 Å². The number of halogens is 1. The van der Waals surface area contributed by atoms with Gasteiger partial charge in [-0.1, -0.05) is 19.1 Å². The molecule has 6 heteroatoms. The summed E-state index contributed by atoms with van der Waals surface area (Å²) in [6.45, 7) is 2.53. The molecule has 4 nitrogen and oxygen atoms in total. The van der Waals surface area contributed by atoms with Crippen molar-refractivity contribution in [2.75, 3.05) is 26.0 Å². The summed E-state index contributed by atoms with van der Waals surface area (Å²) in [5, 5.41) is 3.07. The first-order chi connectivity index (χ1) is 8.39. The summed E-state index contributed by atoms with van der Waals surface area (Å²) >= 11 is 6.02. The maximum Gasteiger partial charge on any atom is 0.244 e. The Hall–Kier alpha value is -0.780. The van der Waals surface area contributed by atoms with E-state index in [0.29, 0.717) is 12.2 Å². The highest BCUT2D eigenvalue weighted by Gasteiger charge is 2.20. The molecule has 0 aliphatic carbocycles. The molecule has 102 valence electrons. The van der Waals surface area contributed by atoms with E-state index in [0.717, 1.165) is 6.42 Å². The molecule has 0 radical (unpaired) electrons. The molecule has 0 saturated carbocycles. The lowest BCUT2D eigenvalue weighted by Gasteiger charge is -2.17. The van der Waals surface area contributed by atoms with Gasteiger partial charge in [-0.15, -0.1) is 11.6 Å². The molecule has 0 fully saturated rings. The van der Waals surface area contributed by atoms with Crippen molar-refractivity contribution in [3.63, 3.8) is 0 Å². The predicted octanol–water partition coefficient (Wildman–Crippen LogP) is 2.37. The van der Waals surface area contributed by atoms with Gasteiger partial charge in [-0.25, -0.2) is 12.7 Å². The zero-order chi connectivity index (χ0) is 13.8. The summed E-state index contributed by atoms with van der Waals surface area (Å²) in [4.78, 5) is 0.273. The monoisotopic (exact) mass is 290 g/mol. The molecule has 0 aliphatic heterocycles. The Morgan fingerprint density at radius 3 is 2.50 bits per heavy atom. The van der Waals surface area contributed by atoms with Gasteiger partial charge in [-0.05, 0) is 18.6 Å². The average Bonchev–Trinajstić information content (AvgIpc) is 2.35. The van der Waals surface area contributed by atoms with Gasteiger partial charge in [0.1, 0.15) is 4.90 Å². The topological polar surface area (TPSA) is 49.4 Å². The molecule has 18 heavy (non-hydrogen) atoms. The van der Waals surface area contributed by atoms with Crippen LogP contribution >= 0.6 is 11.6 Å². The molecule has 0 saturated heterocycles. The molecule has 0 amide bonds. The zero-order valence-electron chi connectivity index (χ0n) is 10.9. The molecule has 0 spiro atoms. The normalized spacial score (nSPS) is 13.6. The molecule has 1 unspecified atom stereocenters. The van der Waals surface area contributed by atoms with Crippen LogP contribution in [0, 0.1) is 0 Å². The minimum atomic E-state index is -3.43. The molecular weight excluding hydrogens is 272 g/mol. The Morgan fingerprint density at radius 1 is 1.33 bits per heavy atom. The quantitative estimate of drug-likeness (QED) is 0.818. The molecule has 0 aliphatic rings. The van der Waals surface area contributed by atoms with Crippen LogP contribution in [0.1, 0.15) is 13.3 Å². The third-order valence-electron chi connectivity index (χ3n) is 2.60. The van der Waals surface area contributed by atoms with Gasteiger partial charge < -0.3 is 5.32 Å². The summed E-state index contributed by atoms with van der Waals surface area (Å²) in [5.41, 5.74) is 0.588. The number of hydrogen-bond acceptors (Lipinski definition) is 3. The number of hydrogen-bond donors (Lipinski definition) is 1. The number of nitrogens with zero attached hydrogens (tertiary/aromatic N) is 1. The molecule has 1 aromatic carbocycles. The van der Waals surface area contributed by atoms with E-state index in [-0.39, 0.29) is 10.3 Å². The SMILES string of the molecule is CCC(Cl)CNc1ccccc1S(=O)(=O)N(C)C. The van der Waals surface area contributed by atoms with Crippen molar-refractivity contribution < 1.29 is 8.42 Å². The lowest BCUT2D eigenvalue weighted by molar-refractivity contribution is 0.521. The van der Waals surface area contributed by atoms with E-state index in [2.05, 4.69) is 5.32 Å². The Labute approximate surface area is 114 Å². The third-order valence-corrected chi connectivity index (χ3v) is 4.94. The first-order valence-electron chi connectivity index (χ1n) is 5.79. The number of anilines is 1. The average molecular weight is 291 g/mol. The van der Waals surface area contributed by atoms with Crippen molar-refractivity contribution in [3.05, 3.63) is 24.3 Å². The van der Waals surface area contributed by atoms with Crippen LogP contribution in [-0.2, 0) is 10.0 Å². The van der Waals surface area contributed by atoms with Gasteiger partial charge in [0.15, 0.2) is 0 Å². The molecule has 1 rings (SSSR count). The number of rotatable bonds is 6. The predicted molar refractivity (Wildman–Crippen MR) is 75.7 cm³/mol. The highest BCUT2D eigenvalue weighted by atomic mass is 35.5. The summed E-state index contributed by atoms with van der Waals surface area (Å²) in [7, 11) is -0.402. The van der Waals surface area contributed by atoms with Crippen LogP contribution in [0.15, 0.2) is 29.2 Å². The van der Waals surface area contributed by atoms with E-state index >= 15 is 0 Å². The van der Waals surface area contributed by atoms with Gasteiger partial charge in [-0.3, -0.25) is 0 Å². The summed E-state index contributed by atoms with van der Waals surface area (Å²) < 4.78 is 25.4. The number of sulfonamides is 1. The maximum atomic E-state index is 12.1. The van der Waals surface area contributed by atoms with E-state index in [4.69, 9.17) is 11.6 Å². The minimum absolute atomic E-state index is 0.0138. The fourth-order valence-electron chi connectivity index (χ4n) is 1.40. The fraction of sp³-hybridized carbons (Fsp3) is 0.500. The van der Waals surface area contributed by atoms with Gasteiger partial charge >= 0.3 is 0 Å². The van der Waals surface area contributed by atoms with Crippen LogP contribution in [0.3, 0.4) is 0 Å². The second-order valence-electron chi connectivity index (χ2n) is 4.17. The summed E-state index contributed by atoms with van der Waals surface area (Å²) in [6.07, 6.45) is 0.831. The molecule has 0 bridgehead atoms. The van der Waals surface area contributed by atoms with Gasteiger partial charge in [0.05, 0.1) is 11.1 Å². The van der Waals surface area contributed by atoms with E-state index in [1.165, 1.54) is 18.4 Å². The van der Waals surface area contributed by atoms with E-state index in [1.807, 2.05) is 6.92 Å². The van der Waals surface area contributed by atoms with Crippen molar-refractivity contribution in [2.24, 2.45) is 0 Å². The highest BCUT2D eigenvalue weighted by molar-refractivity contribution is 7.89. The van der Waals surface area contributed by atoms with Crippen LogP contribution in [-0.4, -0.2) is 38.7 Å². The standard InChI is InChI=1S/C12H19ClN2O2S/c1-4-10(13)9-14-11-7-5-6-8-12(11)18(16,17)15(2)3/h5-8,10,14H,4,9H2,1-3H3. The van der Waals surface area contributed by atoms with Crippen molar-refractivity contribution in [1.29, 1.82) is 0 Å². The van der Waals surface area contributed by atoms with Gasteiger partial charge in [0.25, 0.3) is 0 Å². The number of benzene rings is 1. The Kier molecular flexibility index (Phi) is 5.44. The first-order valence-corrected chi connectivity index (χ1v) is 7.66. The fourth-order valence-corrected chi connectivity index (χ4v) is 2.54. The highest BCUT2D eigenvalue weighted by Crippen LogP contribution is 2.23. The number of para-hydroxylation sites is 1. The van der Waals surface area contributed by atoms with Crippen molar-refractivity contribution >= 4 is 27.3 Å². The lowest BCUT2D eigenvalue weighted by Crippen LogP contribution is -2.24. The zero-order valence-corrected chi connectivity index (χ0v) is 12.4. The van der Waals surface area contributed by atoms with E-state index < -0.39 is 10.0 Å². The van der Waals surface area contributed by atoms with Crippen molar-refractivity contribution in [1.82, 2.24) is 4.31 Å². The van der Waals surface area contributed by atoms with Crippen LogP contribution in [0.5, 0.6) is 0 Å². The maximum absolute atomic E-state index is 12.1. The van der Waals surface area contributed by atoms with Crippen molar-refractivity contribution in [2.45, 2.75) is 23.6 Å². The van der Waals surface area contributed by atoms with E-state index in [1.54, 1.807) is 24.3 Å². The molecule has 1 N–H and O–H groups in total. The summed E-state index contributed by atoms with van der Waals surface area (Å²) in [6, 6.07) is 6.84. The molecule has 0 heterocycles. The minimum Gasteiger partial charge on any atom is -0.382 e. The lowest BCUT2D eigenvalue weighted by atomic mass is 10.3. The van der Waals surface area contributed by atoms with Gasteiger partial charge in [0, 0.05) is 20.6 Å². The molecule has 1 atom stereocenters. The molecular formula is C12H19ClN2O2S. The van der Waals surface area contributed by atoms with Crippen LogP contribution in [0.25, 0.3) is 0 Å². The second-order valence-corrected chi connectivity index (χ2v) is 6.91. The Balaban J connectivity index is 3.01. The number of nitrogens with one attached hydrogen (secondary N) is 1. The van der Waals surface area contributed by atoms with Crippen LogP contribution < -0.4 is 5.32 Å². The van der Waals surface area contributed by atoms with Gasteiger partial charge in [0.2, 0.25) is 10.0 Å². The summed E-state index contributed by atoms with van der Waals surface area (Å²) in [5.74, 6) is 0.